The first kappa shape index (κ1) is 16.9. The van der Waals surface area contributed by atoms with Gasteiger partial charge in [0.1, 0.15) is 0 Å². The molecular formula is HAgFNO3. The van der Waals surface area contributed by atoms with Gasteiger partial charge in [-0.05, 0) is 0 Å². The zero-order valence-electron chi connectivity index (χ0n) is 2.38. The van der Waals surface area contributed by atoms with Crippen molar-refractivity contribution < 1.29 is 32.2 Å². The molecule has 0 aliphatic heterocycles. The Morgan fingerprint density at radius 1 is 1.33 bits per heavy atom. The van der Waals surface area contributed by atoms with E-state index in [0.717, 1.165) is 0 Å². The minimum absolute atomic E-state index is 0. The van der Waals surface area contributed by atoms with Gasteiger partial charge in [0.05, 0.1) is 5.09 Å². The molecule has 0 radical (unpaired) electrons. The van der Waals surface area contributed by atoms with Crippen molar-refractivity contribution in [1.29, 1.82) is 0 Å². The van der Waals surface area contributed by atoms with E-state index in [1.54, 1.807) is 0 Å². The van der Waals surface area contributed by atoms with E-state index in [2.05, 4.69) is 0 Å². The summed E-state index contributed by atoms with van der Waals surface area (Å²) in [6.45, 7) is 0. The third kappa shape index (κ3) is 1890. The molecule has 0 rings (SSSR count). The second-order valence-corrected chi connectivity index (χ2v) is 0.224. The van der Waals surface area contributed by atoms with Crippen molar-refractivity contribution in [2.24, 2.45) is 0 Å². The van der Waals surface area contributed by atoms with Crippen LogP contribution in [0.2, 0.25) is 0 Å². The van der Waals surface area contributed by atoms with Crippen molar-refractivity contribution >= 4 is 0 Å². The maximum Gasteiger partial charge on any atom is 1.00 e. The van der Waals surface area contributed by atoms with Crippen LogP contribution in [0.4, 0.5) is 4.70 Å². The van der Waals surface area contributed by atoms with Crippen molar-refractivity contribution in [1.82, 2.24) is 0 Å². The molecule has 0 saturated heterocycles. The average molecular weight is 190 g/mol. The van der Waals surface area contributed by atoms with Crippen LogP contribution in [-0.4, -0.2) is 5.09 Å². The van der Waals surface area contributed by atoms with Gasteiger partial charge in [-0.3, -0.25) is 4.70 Å². The van der Waals surface area contributed by atoms with Gasteiger partial charge in [0.2, 0.25) is 0 Å². The van der Waals surface area contributed by atoms with Crippen molar-refractivity contribution in [3.63, 3.8) is 0 Å². The summed E-state index contributed by atoms with van der Waals surface area (Å²) in [6, 6.07) is 0. The molecule has 6 heavy (non-hydrogen) atoms. The van der Waals surface area contributed by atoms with Crippen molar-refractivity contribution in [3.8, 4) is 0 Å². The normalized spacial score (nSPS) is 4.00. The molecule has 0 aliphatic rings. The molecule has 0 unspecified atom stereocenters. The Labute approximate surface area is 48.1 Å². The summed E-state index contributed by atoms with van der Waals surface area (Å²) >= 11 is 0. The molecule has 0 bridgehead atoms. The fourth-order valence-corrected chi connectivity index (χ4v) is 0. The van der Waals surface area contributed by atoms with Gasteiger partial charge in [-0.2, -0.15) is 0 Å². The molecule has 0 saturated carbocycles. The predicted molar refractivity (Wildman–Crippen MR) is 12.9 cm³/mol. The van der Waals surface area contributed by atoms with E-state index in [1.165, 1.54) is 0 Å². The monoisotopic (exact) mass is 189 g/mol. The molecule has 6 heteroatoms. The Hall–Kier alpha value is -0.130. The van der Waals surface area contributed by atoms with Crippen LogP contribution in [0.3, 0.4) is 0 Å². The molecule has 0 N–H and O–H groups in total. The molecule has 0 aliphatic carbocycles. The second kappa shape index (κ2) is 8.86. The fourth-order valence-electron chi connectivity index (χ4n) is 0. The van der Waals surface area contributed by atoms with Gasteiger partial charge in [-0.15, -0.1) is 0 Å². The Balaban J connectivity index is -0.0000000450. The van der Waals surface area contributed by atoms with Crippen molar-refractivity contribution in [3.05, 3.63) is 15.3 Å². The molecular weight excluding hydrogens is 189 g/mol. The molecule has 0 aromatic heterocycles. The van der Waals surface area contributed by atoms with Crippen LogP contribution in [0.5, 0.6) is 0 Å². The van der Waals surface area contributed by atoms with Crippen LogP contribution < -0.4 is 0 Å². The van der Waals surface area contributed by atoms with Crippen LogP contribution in [0, 0.1) is 15.3 Å². The molecule has 0 heterocycles. The van der Waals surface area contributed by atoms with Gasteiger partial charge >= 0.3 is 22.4 Å². The van der Waals surface area contributed by atoms with E-state index in [-0.39, 0.29) is 27.1 Å². The number of rotatable bonds is 0. The Morgan fingerprint density at radius 3 is 1.33 bits per heavy atom. The van der Waals surface area contributed by atoms with Crippen molar-refractivity contribution in [2.75, 3.05) is 0 Å². The summed E-state index contributed by atoms with van der Waals surface area (Å²) in [5, 5.41) is 14.8. The zero-order valence-corrected chi connectivity index (χ0v) is 3.86. The van der Waals surface area contributed by atoms with Gasteiger partial charge in [-0.1, -0.05) is 0 Å². The molecule has 0 spiro atoms. The fraction of sp³-hybridized carbons (Fsp3) is 0. The first-order valence-corrected chi connectivity index (χ1v) is 0.548. The molecule has 0 fully saturated rings. The standard InChI is InChI=1S/Ag.FH.NO3/c;;2-1(3)4/h;1H;/q+1;;-1. The summed E-state index contributed by atoms with van der Waals surface area (Å²) in [6.07, 6.45) is 0. The van der Waals surface area contributed by atoms with Gasteiger partial charge in [0, 0.05) is 0 Å². The molecule has 0 amide bonds. The van der Waals surface area contributed by atoms with Crippen LogP contribution in [0.25, 0.3) is 0 Å². The van der Waals surface area contributed by atoms with E-state index < -0.39 is 5.09 Å². The topological polar surface area (TPSA) is 66.2 Å². The van der Waals surface area contributed by atoms with Crippen LogP contribution in [0.1, 0.15) is 0 Å². The molecule has 0 atom stereocenters. The van der Waals surface area contributed by atoms with Gasteiger partial charge in [0.25, 0.3) is 0 Å². The largest absolute Gasteiger partial charge is 1.00 e. The molecule has 4 nitrogen and oxygen atoms in total. The third-order valence-corrected chi connectivity index (χ3v) is 0. The first-order valence-electron chi connectivity index (χ1n) is 0.548. The Morgan fingerprint density at radius 2 is 1.33 bits per heavy atom. The number of nitrogens with zero attached hydrogens (tertiary/aromatic N) is 1. The quantitative estimate of drug-likeness (QED) is 0.304. The molecule has 0 aromatic carbocycles. The Bertz CT molecular complexity index is 33.8. The number of hydrogen-bond donors (Lipinski definition) is 0. The van der Waals surface area contributed by atoms with E-state index in [4.69, 9.17) is 15.3 Å². The van der Waals surface area contributed by atoms with Crippen LogP contribution >= 0.6 is 0 Å². The summed E-state index contributed by atoms with van der Waals surface area (Å²) in [4.78, 5) is 8.25. The van der Waals surface area contributed by atoms with Gasteiger partial charge < -0.3 is 15.3 Å². The van der Waals surface area contributed by atoms with E-state index in [1.807, 2.05) is 0 Å². The first-order chi connectivity index (χ1) is 1.73. The van der Waals surface area contributed by atoms with Gasteiger partial charge in [0.15, 0.2) is 0 Å². The van der Waals surface area contributed by atoms with Crippen LogP contribution in [0.15, 0.2) is 0 Å². The summed E-state index contributed by atoms with van der Waals surface area (Å²) < 4.78 is 0. The smallest absolute Gasteiger partial charge is 0.356 e. The van der Waals surface area contributed by atoms with E-state index in [0.29, 0.717) is 0 Å². The SMILES string of the molecule is F.O=[N+]([O-])[O-].[Ag+]. The maximum absolute atomic E-state index is 8.25. The molecule has 0 aromatic rings. The van der Waals surface area contributed by atoms with E-state index >= 15 is 0 Å². The second-order valence-electron chi connectivity index (χ2n) is 0.224. The van der Waals surface area contributed by atoms with Crippen molar-refractivity contribution in [2.45, 2.75) is 0 Å². The average Bonchev–Trinajstić information content (AvgIpc) is 0.811. The van der Waals surface area contributed by atoms with E-state index in [9.17, 15) is 0 Å². The minimum Gasteiger partial charge on any atom is -0.356 e. The summed E-state index contributed by atoms with van der Waals surface area (Å²) in [7, 11) is 0. The van der Waals surface area contributed by atoms with Crippen LogP contribution in [-0.2, 0) is 22.4 Å². The Kier molecular flexibility index (Phi) is 24.9. The maximum atomic E-state index is 8.25. The minimum atomic E-state index is -1.75. The molecule has 42 valence electrons. The third-order valence-electron chi connectivity index (χ3n) is 0. The summed E-state index contributed by atoms with van der Waals surface area (Å²) in [5.74, 6) is 0. The summed E-state index contributed by atoms with van der Waals surface area (Å²) in [5.41, 5.74) is 0. The zero-order chi connectivity index (χ0) is 3.58. The predicted octanol–water partition coefficient (Wildman–Crippen LogP) is -0.0891. The van der Waals surface area contributed by atoms with Gasteiger partial charge in [-0.25, -0.2) is 0 Å². The number of hydrogen-bond acceptors (Lipinski definition) is 3. The number of halogens is 1.